The van der Waals surface area contributed by atoms with E-state index in [0.717, 1.165) is 25.2 Å². The average Bonchev–Trinajstić information content (AvgIpc) is 3.09. The zero-order valence-electron chi connectivity index (χ0n) is 16.3. The SMILES string of the molecule is CC1CN(Cc2ccc(C(=O)OCc3nc(C(C)C)no3)cc2)CC(C)O1. The molecule has 7 heteroatoms. The maximum Gasteiger partial charge on any atom is 0.338 e. The van der Waals surface area contributed by atoms with E-state index in [1.807, 2.05) is 26.0 Å². The summed E-state index contributed by atoms with van der Waals surface area (Å²) in [5.41, 5.74) is 1.66. The maximum atomic E-state index is 12.2. The molecule has 1 aliphatic heterocycles. The Hall–Kier alpha value is -2.25. The monoisotopic (exact) mass is 373 g/mol. The van der Waals surface area contributed by atoms with Gasteiger partial charge in [0.25, 0.3) is 5.89 Å². The number of rotatable bonds is 6. The summed E-state index contributed by atoms with van der Waals surface area (Å²) in [5.74, 6) is 0.680. The summed E-state index contributed by atoms with van der Waals surface area (Å²) in [5, 5.41) is 3.85. The third kappa shape index (κ3) is 5.37. The molecule has 146 valence electrons. The number of ether oxygens (including phenoxy) is 2. The van der Waals surface area contributed by atoms with Gasteiger partial charge in [0.1, 0.15) is 0 Å². The van der Waals surface area contributed by atoms with Gasteiger partial charge < -0.3 is 14.0 Å². The van der Waals surface area contributed by atoms with E-state index in [0.29, 0.717) is 17.3 Å². The summed E-state index contributed by atoms with van der Waals surface area (Å²) in [6, 6.07) is 7.51. The molecule has 0 N–H and O–H groups in total. The molecule has 2 unspecified atom stereocenters. The van der Waals surface area contributed by atoms with Gasteiger partial charge in [-0.1, -0.05) is 31.1 Å². The molecular formula is C20H27N3O4. The fourth-order valence-electron chi connectivity index (χ4n) is 3.19. The minimum absolute atomic E-state index is 0.0239. The van der Waals surface area contributed by atoms with Gasteiger partial charge in [-0.05, 0) is 31.5 Å². The molecule has 0 spiro atoms. The molecule has 2 heterocycles. The molecule has 1 saturated heterocycles. The van der Waals surface area contributed by atoms with Gasteiger partial charge in [-0.2, -0.15) is 4.98 Å². The van der Waals surface area contributed by atoms with Crippen molar-refractivity contribution in [1.29, 1.82) is 0 Å². The lowest BCUT2D eigenvalue weighted by Crippen LogP contribution is -2.44. The predicted molar refractivity (Wildman–Crippen MR) is 99.2 cm³/mol. The molecule has 7 nitrogen and oxygen atoms in total. The Labute approximate surface area is 159 Å². The molecule has 1 fully saturated rings. The quantitative estimate of drug-likeness (QED) is 0.720. The Balaban J connectivity index is 1.52. The number of hydrogen-bond acceptors (Lipinski definition) is 7. The Morgan fingerprint density at radius 3 is 2.48 bits per heavy atom. The third-order valence-electron chi connectivity index (χ3n) is 4.42. The van der Waals surface area contributed by atoms with Crippen LogP contribution < -0.4 is 0 Å². The van der Waals surface area contributed by atoms with Crippen LogP contribution in [0.3, 0.4) is 0 Å². The molecule has 1 aromatic carbocycles. The van der Waals surface area contributed by atoms with Gasteiger partial charge in [0.15, 0.2) is 12.4 Å². The van der Waals surface area contributed by atoms with Crippen molar-refractivity contribution in [3.63, 3.8) is 0 Å². The summed E-state index contributed by atoms with van der Waals surface area (Å²) in [6.07, 6.45) is 0.479. The highest BCUT2D eigenvalue weighted by atomic mass is 16.6. The fraction of sp³-hybridized carbons (Fsp3) is 0.550. The highest BCUT2D eigenvalue weighted by Gasteiger charge is 2.22. The van der Waals surface area contributed by atoms with E-state index in [1.54, 1.807) is 12.1 Å². The number of hydrogen-bond donors (Lipinski definition) is 0. The number of morpholine rings is 1. The lowest BCUT2D eigenvalue weighted by Gasteiger charge is -2.35. The number of benzene rings is 1. The van der Waals surface area contributed by atoms with Gasteiger partial charge in [0.2, 0.25) is 0 Å². The number of carbonyl (C=O) groups is 1. The van der Waals surface area contributed by atoms with Gasteiger partial charge in [0, 0.05) is 25.6 Å². The van der Waals surface area contributed by atoms with Crippen molar-refractivity contribution < 1.29 is 18.8 Å². The van der Waals surface area contributed by atoms with Gasteiger partial charge in [-0.25, -0.2) is 4.79 Å². The van der Waals surface area contributed by atoms with Crippen LogP contribution in [-0.2, 0) is 22.6 Å². The molecule has 0 bridgehead atoms. The number of carbonyl (C=O) groups excluding carboxylic acids is 1. The van der Waals surface area contributed by atoms with Crippen LogP contribution in [-0.4, -0.2) is 46.3 Å². The van der Waals surface area contributed by atoms with Crippen LogP contribution in [0.5, 0.6) is 0 Å². The first-order valence-corrected chi connectivity index (χ1v) is 9.37. The van der Waals surface area contributed by atoms with E-state index >= 15 is 0 Å². The molecular weight excluding hydrogens is 346 g/mol. The summed E-state index contributed by atoms with van der Waals surface area (Å²) in [7, 11) is 0. The molecule has 3 rings (SSSR count). The molecule has 0 aliphatic carbocycles. The number of aromatic nitrogens is 2. The summed E-state index contributed by atoms with van der Waals surface area (Å²) in [4.78, 5) is 18.8. The first kappa shape index (κ1) is 19.5. The standard InChI is InChI=1S/C20H27N3O4/c1-13(2)19-21-18(27-22-19)12-25-20(24)17-7-5-16(6-8-17)11-23-9-14(3)26-15(4)10-23/h5-8,13-15H,9-12H2,1-4H3. The summed E-state index contributed by atoms with van der Waals surface area (Å²) >= 11 is 0. The molecule has 27 heavy (non-hydrogen) atoms. The predicted octanol–water partition coefficient (Wildman–Crippen LogP) is 3.16. The fourth-order valence-corrected chi connectivity index (χ4v) is 3.19. The van der Waals surface area contributed by atoms with Gasteiger partial charge >= 0.3 is 5.97 Å². The lowest BCUT2D eigenvalue weighted by molar-refractivity contribution is -0.0704. The van der Waals surface area contributed by atoms with E-state index in [1.165, 1.54) is 0 Å². The van der Waals surface area contributed by atoms with E-state index in [4.69, 9.17) is 14.0 Å². The second kappa shape index (κ2) is 8.63. The van der Waals surface area contributed by atoms with Gasteiger partial charge in [-0.15, -0.1) is 0 Å². The third-order valence-corrected chi connectivity index (χ3v) is 4.42. The van der Waals surface area contributed by atoms with Crippen molar-refractivity contribution in [1.82, 2.24) is 15.0 Å². The molecule has 2 atom stereocenters. The average molecular weight is 373 g/mol. The second-order valence-corrected chi connectivity index (χ2v) is 7.43. The first-order chi connectivity index (χ1) is 12.9. The highest BCUT2D eigenvalue weighted by molar-refractivity contribution is 5.89. The zero-order chi connectivity index (χ0) is 19.4. The molecule has 1 aromatic heterocycles. The zero-order valence-corrected chi connectivity index (χ0v) is 16.3. The summed E-state index contributed by atoms with van der Waals surface area (Å²) < 4.78 is 16.1. The van der Waals surface area contributed by atoms with E-state index in [9.17, 15) is 4.79 Å². The van der Waals surface area contributed by atoms with Crippen LogP contribution in [0.15, 0.2) is 28.8 Å². The van der Waals surface area contributed by atoms with E-state index in [2.05, 4.69) is 28.9 Å². The van der Waals surface area contributed by atoms with Gasteiger partial charge in [0.05, 0.1) is 17.8 Å². The van der Waals surface area contributed by atoms with Crippen LogP contribution in [0, 0.1) is 0 Å². The van der Waals surface area contributed by atoms with Crippen LogP contribution in [0.1, 0.15) is 61.2 Å². The smallest absolute Gasteiger partial charge is 0.338 e. The Bertz CT molecular complexity index is 747. The molecule has 0 radical (unpaired) electrons. The normalized spacial score (nSPS) is 20.8. The molecule has 0 amide bonds. The van der Waals surface area contributed by atoms with E-state index in [-0.39, 0.29) is 24.7 Å². The van der Waals surface area contributed by atoms with Crippen molar-refractivity contribution in [3.05, 3.63) is 47.1 Å². The lowest BCUT2D eigenvalue weighted by atomic mass is 10.1. The van der Waals surface area contributed by atoms with Crippen LogP contribution in [0.4, 0.5) is 0 Å². The van der Waals surface area contributed by atoms with Gasteiger partial charge in [-0.3, -0.25) is 4.90 Å². The number of nitrogens with zero attached hydrogens (tertiary/aromatic N) is 3. The van der Waals surface area contributed by atoms with Crippen molar-refractivity contribution in [2.24, 2.45) is 0 Å². The molecule has 1 aliphatic rings. The highest BCUT2D eigenvalue weighted by Crippen LogP contribution is 2.16. The van der Waals surface area contributed by atoms with Crippen molar-refractivity contribution in [3.8, 4) is 0 Å². The minimum Gasteiger partial charge on any atom is -0.452 e. The Morgan fingerprint density at radius 1 is 1.22 bits per heavy atom. The van der Waals surface area contributed by atoms with Crippen LogP contribution >= 0.6 is 0 Å². The second-order valence-electron chi connectivity index (χ2n) is 7.43. The Kier molecular flexibility index (Phi) is 6.23. The van der Waals surface area contributed by atoms with E-state index < -0.39 is 5.97 Å². The van der Waals surface area contributed by atoms with Crippen molar-refractivity contribution in [2.45, 2.75) is 59.0 Å². The van der Waals surface area contributed by atoms with Crippen molar-refractivity contribution >= 4 is 5.97 Å². The Morgan fingerprint density at radius 2 is 1.89 bits per heavy atom. The molecule has 0 saturated carbocycles. The molecule has 2 aromatic rings. The first-order valence-electron chi connectivity index (χ1n) is 9.37. The maximum absolute atomic E-state index is 12.2. The van der Waals surface area contributed by atoms with Crippen molar-refractivity contribution in [2.75, 3.05) is 13.1 Å². The van der Waals surface area contributed by atoms with Crippen LogP contribution in [0.25, 0.3) is 0 Å². The largest absolute Gasteiger partial charge is 0.452 e. The topological polar surface area (TPSA) is 77.7 Å². The number of esters is 1. The van der Waals surface area contributed by atoms with Crippen LogP contribution in [0.2, 0.25) is 0 Å². The summed E-state index contributed by atoms with van der Waals surface area (Å²) in [6.45, 7) is 10.8. The minimum atomic E-state index is -0.403.